The van der Waals surface area contributed by atoms with E-state index in [0.29, 0.717) is 22.9 Å². The summed E-state index contributed by atoms with van der Waals surface area (Å²) >= 11 is 6.08. The maximum absolute atomic E-state index is 11.5. The molecule has 0 aliphatic heterocycles. The van der Waals surface area contributed by atoms with Crippen LogP contribution < -0.4 is 4.74 Å². The van der Waals surface area contributed by atoms with Crippen LogP contribution in [-0.4, -0.2) is 39.7 Å². The van der Waals surface area contributed by atoms with E-state index in [9.17, 15) is 4.79 Å². The monoisotopic (exact) mass is 284 g/mol. The Morgan fingerprint density at radius 1 is 1.47 bits per heavy atom. The van der Waals surface area contributed by atoms with Crippen molar-refractivity contribution in [3.8, 4) is 5.88 Å². The highest BCUT2D eigenvalue weighted by Gasteiger charge is 2.21. The van der Waals surface area contributed by atoms with E-state index in [2.05, 4.69) is 19.7 Å². The Bertz CT molecular complexity index is 611. The van der Waals surface area contributed by atoms with Gasteiger partial charge in [-0.1, -0.05) is 0 Å². The van der Waals surface area contributed by atoms with Crippen molar-refractivity contribution >= 4 is 28.7 Å². The minimum absolute atomic E-state index is 0.0143. The number of nitrogens with zero attached hydrogens (tertiary/aromatic N) is 4. The van der Waals surface area contributed by atoms with E-state index in [1.165, 1.54) is 20.5 Å². The number of halogens is 1. The smallest absolute Gasteiger partial charge is 0.325 e. The van der Waals surface area contributed by atoms with Gasteiger partial charge in [0.25, 0.3) is 0 Å². The molecule has 8 heteroatoms. The van der Waals surface area contributed by atoms with E-state index in [4.69, 9.17) is 16.3 Å². The second kappa shape index (κ2) is 5.40. The Labute approximate surface area is 114 Å². The van der Waals surface area contributed by atoms with Gasteiger partial charge in [0.15, 0.2) is 11.2 Å². The molecule has 0 saturated heterocycles. The molecular formula is C11H13ClN4O3. The summed E-state index contributed by atoms with van der Waals surface area (Å²) < 4.78 is 11.4. The van der Waals surface area contributed by atoms with Gasteiger partial charge >= 0.3 is 5.97 Å². The summed E-state index contributed by atoms with van der Waals surface area (Å²) in [5.74, 6) is 0.448. The number of rotatable bonds is 4. The van der Waals surface area contributed by atoms with Crippen LogP contribution in [0, 0.1) is 0 Å². The summed E-state index contributed by atoms with van der Waals surface area (Å²) in [5, 5.41) is -0.386. The van der Waals surface area contributed by atoms with Gasteiger partial charge < -0.3 is 9.47 Å². The van der Waals surface area contributed by atoms with E-state index >= 15 is 0 Å². The third kappa shape index (κ3) is 2.46. The average Bonchev–Trinajstić information content (AvgIpc) is 2.77. The molecule has 2 rings (SSSR count). The summed E-state index contributed by atoms with van der Waals surface area (Å²) in [7, 11) is 2.81. The number of aromatic nitrogens is 4. The fourth-order valence-electron chi connectivity index (χ4n) is 1.74. The van der Waals surface area contributed by atoms with E-state index < -0.39 is 5.97 Å². The molecule has 19 heavy (non-hydrogen) atoms. The van der Waals surface area contributed by atoms with E-state index in [0.717, 1.165) is 0 Å². The van der Waals surface area contributed by atoms with Crippen molar-refractivity contribution in [2.24, 2.45) is 0 Å². The summed E-state index contributed by atoms with van der Waals surface area (Å²) in [4.78, 5) is 23.9. The van der Waals surface area contributed by atoms with Crippen molar-refractivity contribution < 1.29 is 14.3 Å². The maximum atomic E-state index is 11.5. The van der Waals surface area contributed by atoms with Crippen LogP contribution in [0.15, 0.2) is 6.33 Å². The molecule has 1 unspecified atom stereocenters. The zero-order valence-corrected chi connectivity index (χ0v) is 11.5. The first-order valence-corrected chi connectivity index (χ1v) is 5.98. The minimum atomic E-state index is -0.407. The van der Waals surface area contributed by atoms with Crippen LogP contribution >= 0.6 is 11.6 Å². The standard InChI is InChI=1S/C11H13ClN4O3/c1-6(12)9-15-8-10(13-5-14-11(8)19-3)16(9)4-7(17)18-2/h5-6H,4H2,1-3H3. The second-order valence-corrected chi connectivity index (χ2v) is 4.46. The van der Waals surface area contributed by atoms with Crippen LogP contribution in [0.1, 0.15) is 18.1 Å². The van der Waals surface area contributed by atoms with Crippen LogP contribution in [-0.2, 0) is 16.1 Å². The number of carbonyl (C=O) groups excluding carboxylic acids is 1. The van der Waals surface area contributed by atoms with Crippen LogP contribution in [0.3, 0.4) is 0 Å². The number of carbonyl (C=O) groups is 1. The molecule has 0 aromatic carbocycles. The Hall–Kier alpha value is -1.89. The summed E-state index contributed by atoms with van der Waals surface area (Å²) in [6.45, 7) is 1.75. The lowest BCUT2D eigenvalue weighted by molar-refractivity contribution is -0.141. The van der Waals surface area contributed by atoms with Crippen LogP contribution in [0.2, 0.25) is 0 Å². The van der Waals surface area contributed by atoms with Gasteiger partial charge in [-0.2, -0.15) is 4.98 Å². The minimum Gasteiger partial charge on any atom is -0.479 e. The number of fused-ring (bicyclic) bond motifs is 1. The number of ether oxygens (including phenoxy) is 2. The zero-order valence-electron chi connectivity index (χ0n) is 10.8. The highest BCUT2D eigenvalue weighted by atomic mass is 35.5. The molecule has 2 heterocycles. The summed E-state index contributed by atoms with van der Waals surface area (Å²) in [5.41, 5.74) is 0.955. The highest BCUT2D eigenvalue weighted by molar-refractivity contribution is 6.20. The second-order valence-electron chi connectivity index (χ2n) is 3.80. The third-order valence-corrected chi connectivity index (χ3v) is 2.79. The molecule has 0 bridgehead atoms. The van der Waals surface area contributed by atoms with Gasteiger partial charge in [-0.3, -0.25) is 9.36 Å². The fraction of sp³-hybridized carbons (Fsp3) is 0.455. The van der Waals surface area contributed by atoms with Crippen molar-refractivity contribution in [1.82, 2.24) is 19.5 Å². The molecule has 0 spiro atoms. The first kappa shape index (κ1) is 13.5. The molecule has 0 N–H and O–H groups in total. The predicted octanol–water partition coefficient (Wildman–Crippen LogP) is 1.31. The van der Waals surface area contributed by atoms with Crippen molar-refractivity contribution in [2.75, 3.05) is 14.2 Å². The number of hydrogen-bond donors (Lipinski definition) is 0. The SMILES string of the molecule is COC(=O)Cn1c(C(C)Cl)nc2c(OC)ncnc21. The topological polar surface area (TPSA) is 79.1 Å². The van der Waals surface area contributed by atoms with Gasteiger partial charge in [0, 0.05) is 0 Å². The third-order valence-electron chi connectivity index (χ3n) is 2.59. The van der Waals surface area contributed by atoms with Gasteiger partial charge in [0.2, 0.25) is 5.88 Å². The molecule has 2 aromatic heterocycles. The molecule has 0 fully saturated rings. The van der Waals surface area contributed by atoms with Gasteiger partial charge in [-0.25, -0.2) is 9.97 Å². The Balaban J connectivity index is 2.64. The number of esters is 1. The van der Waals surface area contributed by atoms with E-state index in [-0.39, 0.29) is 11.9 Å². The van der Waals surface area contributed by atoms with Crippen LogP contribution in [0.25, 0.3) is 11.2 Å². The van der Waals surface area contributed by atoms with E-state index in [1.807, 2.05) is 0 Å². The molecule has 0 aliphatic carbocycles. The first-order chi connectivity index (χ1) is 9.08. The average molecular weight is 285 g/mol. The summed E-state index contributed by atoms with van der Waals surface area (Å²) in [6, 6.07) is 0. The normalized spacial score (nSPS) is 12.4. The Morgan fingerprint density at radius 3 is 2.79 bits per heavy atom. The molecule has 0 radical (unpaired) electrons. The lowest BCUT2D eigenvalue weighted by atomic mass is 10.4. The molecule has 7 nitrogen and oxygen atoms in total. The number of methoxy groups -OCH3 is 2. The molecular weight excluding hydrogens is 272 g/mol. The molecule has 2 aromatic rings. The van der Waals surface area contributed by atoms with Crippen molar-refractivity contribution in [3.05, 3.63) is 12.2 Å². The van der Waals surface area contributed by atoms with Gasteiger partial charge in [-0.15, -0.1) is 11.6 Å². The number of imidazole rings is 1. The van der Waals surface area contributed by atoms with Crippen molar-refractivity contribution in [2.45, 2.75) is 18.8 Å². The lowest BCUT2D eigenvalue weighted by Gasteiger charge is -2.08. The lowest BCUT2D eigenvalue weighted by Crippen LogP contribution is -2.14. The van der Waals surface area contributed by atoms with Crippen LogP contribution in [0.4, 0.5) is 0 Å². The zero-order chi connectivity index (χ0) is 14.0. The Kier molecular flexibility index (Phi) is 3.84. The van der Waals surface area contributed by atoms with Crippen molar-refractivity contribution in [3.63, 3.8) is 0 Å². The van der Waals surface area contributed by atoms with Gasteiger partial charge in [-0.05, 0) is 6.92 Å². The maximum Gasteiger partial charge on any atom is 0.325 e. The van der Waals surface area contributed by atoms with Gasteiger partial charge in [0.05, 0.1) is 19.6 Å². The molecule has 102 valence electrons. The van der Waals surface area contributed by atoms with Gasteiger partial charge in [0.1, 0.15) is 18.7 Å². The fourth-order valence-corrected chi connectivity index (χ4v) is 1.90. The molecule has 1 atom stereocenters. The largest absolute Gasteiger partial charge is 0.479 e. The predicted molar refractivity (Wildman–Crippen MR) is 68.2 cm³/mol. The number of alkyl halides is 1. The first-order valence-electron chi connectivity index (χ1n) is 5.54. The molecule has 0 amide bonds. The van der Waals surface area contributed by atoms with E-state index in [1.54, 1.807) is 11.5 Å². The quantitative estimate of drug-likeness (QED) is 0.622. The molecule has 0 aliphatic rings. The summed E-state index contributed by atoms with van der Waals surface area (Å²) in [6.07, 6.45) is 1.35. The van der Waals surface area contributed by atoms with Crippen molar-refractivity contribution in [1.29, 1.82) is 0 Å². The number of hydrogen-bond acceptors (Lipinski definition) is 6. The molecule has 0 saturated carbocycles. The highest BCUT2D eigenvalue weighted by Crippen LogP contribution is 2.27. The van der Waals surface area contributed by atoms with Crippen LogP contribution in [0.5, 0.6) is 5.88 Å². The Morgan fingerprint density at radius 2 is 2.21 bits per heavy atom.